The predicted octanol–water partition coefficient (Wildman–Crippen LogP) is 4.39. The van der Waals surface area contributed by atoms with Crippen molar-refractivity contribution in [2.45, 2.75) is 51.5 Å². The molecular formula is C19H25NS. The summed E-state index contributed by atoms with van der Waals surface area (Å²) in [5.74, 6) is 0. The van der Waals surface area contributed by atoms with Crippen LogP contribution in [0.5, 0.6) is 0 Å². The van der Waals surface area contributed by atoms with E-state index in [2.05, 4.69) is 48.0 Å². The summed E-state index contributed by atoms with van der Waals surface area (Å²) in [5.41, 5.74) is 4.67. The first-order valence-corrected chi connectivity index (χ1v) is 9.09. The second-order valence-corrected chi connectivity index (χ2v) is 7.13. The van der Waals surface area contributed by atoms with Gasteiger partial charge in [-0.1, -0.05) is 31.2 Å². The van der Waals surface area contributed by atoms with E-state index < -0.39 is 0 Å². The lowest BCUT2D eigenvalue weighted by molar-refractivity contribution is 0.507. The molecule has 112 valence electrons. The van der Waals surface area contributed by atoms with Gasteiger partial charge in [-0.3, -0.25) is 0 Å². The summed E-state index contributed by atoms with van der Waals surface area (Å²) in [7, 11) is 0. The molecule has 1 atom stereocenters. The lowest BCUT2D eigenvalue weighted by atomic mass is 9.99. The maximum atomic E-state index is 3.73. The molecule has 2 aromatic rings. The van der Waals surface area contributed by atoms with Gasteiger partial charge in [-0.05, 0) is 73.2 Å². The van der Waals surface area contributed by atoms with Gasteiger partial charge in [-0.15, -0.1) is 11.3 Å². The lowest BCUT2D eigenvalue weighted by Gasteiger charge is -2.18. The molecule has 0 saturated carbocycles. The summed E-state index contributed by atoms with van der Waals surface area (Å²) < 4.78 is 0. The summed E-state index contributed by atoms with van der Waals surface area (Å²) in [5, 5.41) is 5.91. The van der Waals surface area contributed by atoms with Crippen LogP contribution in [0.3, 0.4) is 0 Å². The monoisotopic (exact) mass is 299 g/mol. The summed E-state index contributed by atoms with van der Waals surface area (Å²) in [6.07, 6.45) is 7.39. The van der Waals surface area contributed by atoms with Crippen molar-refractivity contribution in [2.75, 3.05) is 6.54 Å². The van der Waals surface area contributed by atoms with Gasteiger partial charge in [0.25, 0.3) is 0 Å². The van der Waals surface area contributed by atoms with Crippen LogP contribution in [-0.4, -0.2) is 12.6 Å². The summed E-state index contributed by atoms with van der Waals surface area (Å²) in [6, 6.07) is 12.1. The average Bonchev–Trinajstić information content (AvgIpc) is 3.15. The molecule has 3 rings (SSSR count). The Bertz CT molecular complexity index is 559. The Morgan fingerprint density at radius 3 is 2.86 bits per heavy atom. The van der Waals surface area contributed by atoms with Crippen LogP contribution < -0.4 is 5.32 Å². The smallest absolute Gasteiger partial charge is 0.0156 e. The highest BCUT2D eigenvalue weighted by Crippen LogP contribution is 2.24. The molecule has 1 aromatic heterocycles. The zero-order valence-corrected chi connectivity index (χ0v) is 13.7. The van der Waals surface area contributed by atoms with Crippen molar-refractivity contribution >= 4 is 11.3 Å². The van der Waals surface area contributed by atoms with E-state index in [1.807, 2.05) is 11.3 Å². The Hall–Kier alpha value is -1.12. The zero-order chi connectivity index (χ0) is 14.5. The standard InChI is InChI=1S/C19H25NS/c1-2-10-20-18(14-19-7-4-11-21-19)13-15-8-9-16-5-3-6-17(16)12-15/h4,7-9,11-12,18,20H,2-3,5-6,10,13-14H2,1H3. The Labute approximate surface area is 132 Å². The molecule has 0 amide bonds. The Morgan fingerprint density at radius 1 is 1.14 bits per heavy atom. The zero-order valence-electron chi connectivity index (χ0n) is 12.9. The van der Waals surface area contributed by atoms with Gasteiger partial charge in [0.15, 0.2) is 0 Å². The Morgan fingerprint density at radius 2 is 2.05 bits per heavy atom. The van der Waals surface area contributed by atoms with E-state index in [4.69, 9.17) is 0 Å². The van der Waals surface area contributed by atoms with Crippen LogP contribution in [-0.2, 0) is 25.7 Å². The minimum Gasteiger partial charge on any atom is -0.313 e. The van der Waals surface area contributed by atoms with E-state index >= 15 is 0 Å². The highest BCUT2D eigenvalue weighted by Gasteiger charge is 2.14. The molecule has 1 aliphatic carbocycles. The van der Waals surface area contributed by atoms with Crippen LogP contribution in [0.2, 0.25) is 0 Å². The number of fused-ring (bicyclic) bond motifs is 1. The predicted molar refractivity (Wildman–Crippen MR) is 92.3 cm³/mol. The first kappa shape index (κ1) is 14.8. The second kappa shape index (κ2) is 7.24. The van der Waals surface area contributed by atoms with Gasteiger partial charge in [0.2, 0.25) is 0 Å². The number of rotatable bonds is 7. The van der Waals surface area contributed by atoms with E-state index in [1.54, 1.807) is 11.1 Å². The molecule has 0 radical (unpaired) electrons. The number of hydrogen-bond donors (Lipinski definition) is 1. The van der Waals surface area contributed by atoms with Crippen molar-refractivity contribution in [3.8, 4) is 0 Å². The highest BCUT2D eigenvalue weighted by atomic mass is 32.1. The van der Waals surface area contributed by atoms with E-state index in [0.717, 1.165) is 19.4 Å². The van der Waals surface area contributed by atoms with Crippen molar-refractivity contribution in [1.29, 1.82) is 0 Å². The van der Waals surface area contributed by atoms with E-state index in [0.29, 0.717) is 6.04 Å². The Balaban J connectivity index is 1.68. The summed E-state index contributed by atoms with van der Waals surface area (Å²) in [6.45, 7) is 3.35. The highest BCUT2D eigenvalue weighted by molar-refractivity contribution is 7.09. The number of benzene rings is 1. The molecule has 0 fully saturated rings. The van der Waals surface area contributed by atoms with Crippen molar-refractivity contribution in [3.63, 3.8) is 0 Å². The van der Waals surface area contributed by atoms with Gasteiger partial charge in [-0.2, -0.15) is 0 Å². The molecule has 1 aromatic carbocycles. The maximum absolute atomic E-state index is 3.73. The minimum atomic E-state index is 0.558. The first-order valence-electron chi connectivity index (χ1n) is 8.21. The van der Waals surface area contributed by atoms with Crippen molar-refractivity contribution in [3.05, 3.63) is 57.3 Å². The normalized spacial score (nSPS) is 15.1. The summed E-state index contributed by atoms with van der Waals surface area (Å²) in [4.78, 5) is 1.49. The van der Waals surface area contributed by atoms with Crippen LogP contribution in [0.15, 0.2) is 35.7 Å². The molecule has 1 heterocycles. The van der Waals surface area contributed by atoms with Crippen molar-refractivity contribution in [1.82, 2.24) is 5.32 Å². The van der Waals surface area contributed by atoms with Gasteiger partial charge in [0, 0.05) is 10.9 Å². The molecule has 0 bridgehead atoms. The van der Waals surface area contributed by atoms with Crippen molar-refractivity contribution < 1.29 is 0 Å². The fraction of sp³-hybridized carbons (Fsp3) is 0.474. The van der Waals surface area contributed by atoms with E-state index in [-0.39, 0.29) is 0 Å². The molecular weight excluding hydrogens is 274 g/mol. The molecule has 1 unspecified atom stereocenters. The van der Waals surface area contributed by atoms with Gasteiger partial charge >= 0.3 is 0 Å². The van der Waals surface area contributed by atoms with Crippen molar-refractivity contribution in [2.24, 2.45) is 0 Å². The molecule has 1 nitrogen and oxygen atoms in total. The SMILES string of the molecule is CCCNC(Cc1ccc2c(c1)CCC2)Cc1cccs1. The van der Waals surface area contributed by atoms with E-state index in [1.165, 1.54) is 36.1 Å². The van der Waals surface area contributed by atoms with Gasteiger partial charge in [0.1, 0.15) is 0 Å². The van der Waals surface area contributed by atoms with Crippen LogP contribution >= 0.6 is 11.3 Å². The summed E-state index contributed by atoms with van der Waals surface area (Å²) >= 11 is 1.88. The van der Waals surface area contributed by atoms with Crippen LogP contribution in [0.4, 0.5) is 0 Å². The Kier molecular flexibility index (Phi) is 5.10. The third kappa shape index (κ3) is 3.96. The molecule has 1 N–H and O–H groups in total. The minimum absolute atomic E-state index is 0.558. The number of thiophene rings is 1. The third-order valence-electron chi connectivity index (χ3n) is 4.36. The molecule has 21 heavy (non-hydrogen) atoms. The first-order chi connectivity index (χ1) is 10.3. The topological polar surface area (TPSA) is 12.0 Å². The van der Waals surface area contributed by atoms with Gasteiger partial charge in [-0.25, -0.2) is 0 Å². The van der Waals surface area contributed by atoms with Crippen LogP contribution in [0.25, 0.3) is 0 Å². The fourth-order valence-corrected chi connectivity index (χ4v) is 4.06. The number of nitrogens with one attached hydrogen (secondary N) is 1. The van der Waals surface area contributed by atoms with Gasteiger partial charge in [0.05, 0.1) is 0 Å². The largest absolute Gasteiger partial charge is 0.313 e. The van der Waals surface area contributed by atoms with Gasteiger partial charge < -0.3 is 5.32 Å². The molecule has 2 heteroatoms. The number of aryl methyl sites for hydroxylation is 2. The van der Waals surface area contributed by atoms with E-state index in [9.17, 15) is 0 Å². The van der Waals surface area contributed by atoms with Crippen LogP contribution in [0, 0.1) is 0 Å². The molecule has 1 aliphatic rings. The molecule has 0 spiro atoms. The fourth-order valence-electron chi connectivity index (χ4n) is 3.27. The number of hydrogen-bond acceptors (Lipinski definition) is 2. The third-order valence-corrected chi connectivity index (χ3v) is 5.25. The average molecular weight is 299 g/mol. The lowest BCUT2D eigenvalue weighted by Crippen LogP contribution is -2.33. The molecule has 0 saturated heterocycles. The maximum Gasteiger partial charge on any atom is 0.0156 e. The molecule has 0 aliphatic heterocycles. The quantitative estimate of drug-likeness (QED) is 0.799. The van der Waals surface area contributed by atoms with Crippen LogP contribution in [0.1, 0.15) is 41.3 Å². The second-order valence-electron chi connectivity index (χ2n) is 6.10.